The van der Waals surface area contributed by atoms with E-state index in [1.807, 2.05) is 49.4 Å². The molecule has 0 aliphatic rings. The van der Waals surface area contributed by atoms with E-state index in [0.29, 0.717) is 0 Å². The Kier molecular flexibility index (Phi) is 3.79. The van der Waals surface area contributed by atoms with E-state index in [1.54, 1.807) is 14.0 Å². The first-order valence-corrected chi connectivity index (χ1v) is 7.78. The van der Waals surface area contributed by atoms with Crippen LogP contribution in [0.5, 0.6) is 5.75 Å². The van der Waals surface area contributed by atoms with Crippen LogP contribution in [0.4, 0.5) is 0 Å². The third-order valence-electron chi connectivity index (χ3n) is 3.85. The van der Waals surface area contributed by atoms with Gasteiger partial charge in [0.05, 0.1) is 12.6 Å². The van der Waals surface area contributed by atoms with Crippen molar-refractivity contribution in [3.8, 4) is 11.4 Å². The number of nitrogens with zero attached hydrogens (tertiary/aromatic N) is 1. The summed E-state index contributed by atoms with van der Waals surface area (Å²) in [6.07, 6.45) is 0. The second-order valence-electron chi connectivity index (χ2n) is 5.21. The monoisotopic (exact) mass is 357 g/mol. The number of ketones is 1. The van der Waals surface area contributed by atoms with Crippen LogP contribution in [0.25, 0.3) is 16.6 Å². The van der Waals surface area contributed by atoms with Crippen molar-refractivity contribution in [3.63, 3.8) is 0 Å². The van der Waals surface area contributed by atoms with Crippen molar-refractivity contribution < 1.29 is 9.53 Å². The molecule has 0 fully saturated rings. The maximum absolute atomic E-state index is 12.1. The topological polar surface area (TPSA) is 31.2 Å². The number of ether oxygens (including phenoxy) is 1. The van der Waals surface area contributed by atoms with Gasteiger partial charge in [0.25, 0.3) is 0 Å². The maximum atomic E-state index is 12.1. The van der Waals surface area contributed by atoms with Gasteiger partial charge in [0, 0.05) is 26.8 Å². The van der Waals surface area contributed by atoms with Crippen LogP contribution in [0, 0.1) is 6.92 Å². The van der Waals surface area contributed by atoms with Crippen molar-refractivity contribution in [2.75, 3.05) is 7.11 Å². The SMILES string of the molecule is COc1ccc2c(c1)c(C(C)=O)c(C)n2-c1ccc(Br)cc1. The minimum absolute atomic E-state index is 0.0617. The summed E-state index contributed by atoms with van der Waals surface area (Å²) < 4.78 is 8.44. The van der Waals surface area contributed by atoms with Crippen LogP contribution in [0.3, 0.4) is 0 Å². The Morgan fingerprint density at radius 2 is 1.82 bits per heavy atom. The zero-order valence-electron chi connectivity index (χ0n) is 12.7. The van der Waals surface area contributed by atoms with Crippen LogP contribution in [0.15, 0.2) is 46.9 Å². The van der Waals surface area contributed by atoms with E-state index in [1.165, 1.54) is 0 Å². The minimum Gasteiger partial charge on any atom is -0.497 e. The fourth-order valence-electron chi connectivity index (χ4n) is 2.89. The van der Waals surface area contributed by atoms with E-state index < -0.39 is 0 Å². The predicted octanol–water partition coefficient (Wildman–Crippen LogP) is 4.91. The second-order valence-corrected chi connectivity index (χ2v) is 6.13. The van der Waals surface area contributed by atoms with Gasteiger partial charge in [0.1, 0.15) is 5.75 Å². The molecule has 0 amide bonds. The minimum atomic E-state index is 0.0617. The van der Waals surface area contributed by atoms with E-state index in [9.17, 15) is 4.79 Å². The smallest absolute Gasteiger partial charge is 0.162 e. The third kappa shape index (κ3) is 2.33. The standard InChI is InChI=1S/C18H16BrNO2/c1-11-18(12(2)21)16-10-15(22-3)8-9-17(16)20(11)14-6-4-13(19)5-7-14/h4-10H,1-3H3. The number of fused-ring (bicyclic) bond motifs is 1. The van der Waals surface area contributed by atoms with Gasteiger partial charge >= 0.3 is 0 Å². The van der Waals surface area contributed by atoms with Crippen LogP contribution in [-0.2, 0) is 0 Å². The van der Waals surface area contributed by atoms with Gasteiger partial charge in [0.15, 0.2) is 5.78 Å². The van der Waals surface area contributed by atoms with Gasteiger partial charge in [-0.15, -0.1) is 0 Å². The first kappa shape index (κ1) is 14.9. The van der Waals surface area contributed by atoms with Crippen molar-refractivity contribution >= 4 is 32.6 Å². The summed E-state index contributed by atoms with van der Waals surface area (Å²) in [5.74, 6) is 0.814. The Bertz CT molecular complexity index is 863. The fraction of sp³-hybridized carbons (Fsp3) is 0.167. The molecular weight excluding hydrogens is 342 g/mol. The molecule has 0 spiro atoms. The van der Waals surface area contributed by atoms with Crippen molar-refractivity contribution in [1.29, 1.82) is 0 Å². The highest BCUT2D eigenvalue weighted by atomic mass is 79.9. The number of rotatable bonds is 3. The molecule has 0 aliphatic heterocycles. The molecule has 0 atom stereocenters. The molecular formula is C18H16BrNO2. The number of hydrogen-bond acceptors (Lipinski definition) is 2. The largest absolute Gasteiger partial charge is 0.497 e. The van der Waals surface area contributed by atoms with Crippen molar-refractivity contribution in [3.05, 3.63) is 58.2 Å². The van der Waals surface area contributed by atoms with Crippen LogP contribution in [-0.4, -0.2) is 17.5 Å². The van der Waals surface area contributed by atoms with Crippen LogP contribution < -0.4 is 4.74 Å². The molecule has 3 nitrogen and oxygen atoms in total. The number of aromatic nitrogens is 1. The van der Waals surface area contributed by atoms with Crippen LogP contribution in [0.2, 0.25) is 0 Å². The molecule has 22 heavy (non-hydrogen) atoms. The molecule has 0 saturated heterocycles. The van der Waals surface area contributed by atoms with Crippen molar-refractivity contribution in [2.24, 2.45) is 0 Å². The first-order chi connectivity index (χ1) is 10.5. The van der Waals surface area contributed by atoms with Crippen molar-refractivity contribution in [1.82, 2.24) is 4.57 Å². The van der Waals surface area contributed by atoms with Gasteiger partial charge in [-0.2, -0.15) is 0 Å². The molecule has 112 valence electrons. The molecule has 1 heterocycles. The summed E-state index contributed by atoms with van der Waals surface area (Å²) in [5.41, 5.74) is 3.73. The van der Waals surface area contributed by atoms with Crippen LogP contribution >= 0.6 is 15.9 Å². The van der Waals surface area contributed by atoms with E-state index in [4.69, 9.17) is 4.74 Å². The van der Waals surface area contributed by atoms with E-state index >= 15 is 0 Å². The molecule has 0 saturated carbocycles. The lowest BCUT2D eigenvalue weighted by atomic mass is 10.1. The third-order valence-corrected chi connectivity index (χ3v) is 4.38. The highest BCUT2D eigenvalue weighted by molar-refractivity contribution is 9.10. The number of Topliss-reactive ketones (excluding diaryl/α,β-unsaturated/α-hetero) is 1. The Balaban J connectivity index is 2.37. The molecule has 4 heteroatoms. The Morgan fingerprint density at radius 1 is 1.14 bits per heavy atom. The number of methoxy groups -OCH3 is 1. The number of benzene rings is 2. The molecule has 0 N–H and O–H groups in total. The Morgan fingerprint density at radius 3 is 2.41 bits per heavy atom. The number of carbonyl (C=O) groups excluding carboxylic acids is 1. The number of halogens is 1. The summed E-state index contributed by atoms with van der Waals surface area (Å²) >= 11 is 3.45. The van der Waals surface area contributed by atoms with Crippen molar-refractivity contribution in [2.45, 2.75) is 13.8 Å². The second kappa shape index (κ2) is 5.61. The zero-order valence-corrected chi connectivity index (χ0v) is 14.3. The van der Waals surface area contributed by atoms with Gasteiger partial charge in [-0.1, -0.05) is 15.9 Å². The average molecular weight is 358 g/mol. The fourth-order valence-corrected chi connectivity index (χ4v) is 3.16. The molecule has 3 rings (SSSR count). The Hall–Kier alpha value is -2.07. The van der Waals surface area contributed by atoms with Gasteiger partial charge in [-0.05, 0) is 56.3 Å². The van der Waals surface area contributed by atoms with Gasteiger partial charge < -0.3 is 9.30 Å². The van der Waals surface area contributed by atoms with Gasteiger partial charge in [-0.3, -0.25) is 4.79 Å². The highest BCUT2D eigenvalue weighted by Crippen LogP contribution is 2.32. The van der Waals surface area contributed by atoms with Gasteiger partial charge in [0.2, 0.25) is 0 Å². The molecule has 0 aliphatic carbocycles. The summed E-state index contributed by atoms with van der Waals surface area (Å²) in [6, 6.07) is 13.9. The van der Waals surface area contributed by atoms with Gasteiger partial charge in [-0.25, -0.2) is 0 Å². The number of hydrogen-bond donors (Lipinski definition) is 0. The molecule has 1 aromatic heterocycles. The normalized spacial score (nSPS) is 10.9. The summed E-state index contributed by atoms with van der Waals surface area (Å²) in [4.78, 5) is 12.1. The molecule has 3 aromatic rings. The molecule has 0 bridgehead atoms. The predicted molar refractivity (Wildman–Crippen MR) is 92.3 cm³/mol. The van der Waals surface area contributed by atoms with E-state index in [2.05, 4.69) is 20.5 Å². The van der Waals surface area contributed by atoms with E-state index in [-0.39, 0.29) is 5.78 Å². The average Bonchev–Trinajstić information content (AvgIpc) is 2.79. The van der Waals surface area contributed by atoms with Crippen LogP contribution in [0.1, 0.15) is 23.0 Å². The lowest BCUT2D eigenvalue weighted by molar-refractivity contribution is 0.101. The maximum Gasteiger partial charge on any atom is 0.162 e. The Labute approximate surface area is 137 Å². The zero-order chi connectivity index (χ0) is 15.9. The lowest BCUT2D eigenvalue weighted by Gasteiger charge is -2.09. The molecule has 0 unspecified atom stereocenters. The van der Waals surface area contributed by atoms with E-state index in [0.717, 1.165) is 38.1 Å². The highest BCUT2D eigenvalue weighted by Gasteiger charge is 2.18. The summed E-state index contributed by atoms with van der Waals surface area (Å²) in [5, 5.41) is 0.923. The summed E-state index contributed by atoms with van der Waals surface area (Å²) in [6.45, 7) is 3.58. The quantitative estimate of drug-likeness (QED) is 0.623. The first-order valence-electron chi connectivity index (χ1n) is 6.99. The molecule has 2 aromatic carbocycles. The number of carbonyl (C=O) groups is 1. The summed E-state index contributed by atoms with van der Waals surface area (Å²) in [7, 11) is 1.63. The lowest BCUT2D eigenvalue weighted by Crippen LogP contribution is -1.99. The molecule has 0 radical (unpaired) electrons.